The predicted octanol–water partition coefficient (Wildman–Crippen LogP) is 5.01. The van der Waals surface area contributed by atoms with Gasteiger partial charge >= 0.3 is 0 Å². The molecule has 0 radical (unpaired) electrons. The van der Waals surface area contributed by atoms with Crippen LogP contribution in [0.3, 0.4) is 0 Å². The third-order valence-electron chi connectivity index (χ3n) is 3.25. The number of rotatable bonds is 3. The molecule has 0 fully saturated rings. The first kappa shape index (κ1) is 11.8. The van der Waals surface area contributed by atoms with E-state index in [0.29, 0.717) is 11.5 Å². The third kappa shape index (κ3) is 2.55. The van der Waals surface area contributed by atoms with Crippen LogP contribution >= 0.6 is 0 Å². The smallest absolute Gasteiger partial charge is 0.131 e. The van der Waals surface area contributed by atoms with Gasteiger partial charge in [0.1, 0.15) is 5.82 Å². The molecule has 0 aliphatic rings. The summed E-state index contributed by atoms with van der Waals surface area (Å²) in [6.45, 7) is 4.36. The number of halogens is 1. The van der Waals surface area contributed by atoms with Crippen LogP contribution in [0.15, 0.2) is 48.5 Å². The average Bonchev–Trinajstić information content (AvgIpc) is 2.38. The molecule has 0 saturated heterocycles. The second kappa shape index (κ2) is 5.13. The zero-order chi connectivity index (χ0) is 12.3. The highest BCUT2D eigenvalue weighted by Crippen LogP contribution is 2.27. The molecule has 88 valence electrons. The Balaban J connectivity index is 2.43. The van der Waals surface area contributed by atoms with Gasteiger partial charge in [0.05, 0.1) is 0 Å². The topological polar surface area (TPSA) is 0 Å². The van der Waals surface area contributed by atoms with E-state index in [1.54, 1.807) is 6.07 Å². The number of hydrogen-bond donors (Lipinski definition) is 0. The van der Waals surface area contributed by atoms with Gasteiger partial charge in [0.15, 0.2) is 0 Å². The lowest BCUT2D eigenvalue weighted by atomic mass is 9.94. The van der Waals surface area contributed by atoms with E-state index in [-0.39, 0.29) is 5.82 Å². The zero-order valence-electron chi connectivity index (χ0n) is 10.3. The molecule has 0 heterocycles. The molecule has 1 heteroatoms. The van der Waals surface area contributed by atoms with Crippen LogP contribution in [-0.4, -0.2) is 0 Å². The molecular formula is C16H17F. The standard InChI is InChI=1S/C16H17F/c1-3-12(2)13-7-6-8-14(11-13)15-9-4-5-10-16(15)17/h4-12H,3H2,1-2H3. The maximum atomic E-state index is 13.7. The molecule has 1 unspecified atom stereocenters. The van der Waals surface area contributed by atoms with Crippen molar-refractivity contribution in [2.75, 3.05) is 0 Å². The first-order chi connectivity index (χ1) is 8.22. The molecule has 0 saturated carbocycles. The van der Waals surface area contributed by atoms with Gasteiger partial charge in [-0.3, -0.25) is 0 Å². The van der Waals surface area contributed by atoms with Crippen molar-refractivity contribution in [1.82, 2.24) is 0 Å². The lowest BCUT2D eigenvalue weighted by Gasteiger charge is -2.11. The SMILES string of the molecule is CCC(C)c1cccc(-c2ccccc2F)c1. The van der Waals surface area contributed by atoms with E-state index in [2.05, 4.69) is 26.0 Å². The van der Waals surface area contributed by atoms with E-state index >= 15 is 0 Å². The largest absolute Gasteiger partial charge is 0.206 e. The van der Waals surface area contributed by atoms with Gasteiger partial charge in [-0.15, -0.1) is 0 Å². The fourth-order valence-corrected chi connectivity index (χ4v) is 1.94. The monoisotopic (exact) mass is 228 g/mol. The van der Waals surface area contributed by atoms with Crippen LogP contribution in [0, 0.1) is 5.82 Å². The lowest BCUT2D eigenvalue weighted by Crippen LogP contribution is -1.92. The fourth-order valence-electron chi connectivity index (χ4n) is 1.94. The molecule has 0 aliphatic heterocycles. The van der Waals surface area contributed by atoms with E-state index in [1.165, 1.54) is 11.6 Å². The summed E-state index contributed by atoms with van der Waals surface area (Å²) in [5.41, 5.74) is 2.91. The van der Waals surface area contributed by atoms with Crippen molar-refractivity contribution in [2.45, 2.75) is 26.2 Å². The van der Waals surface area contributed by atoms with Crippen molar-refractivity contribution in [3.05, 3.63) is 59.9 Å². The van der Waals surface area contributed by atoms with Crippen molar-refractivity contribution < 1.29 is 4.39 Å². The second-order valence-electron chi connectivity index (χ2n) is 4.41. The molecule has 2 rings (SSSR count). The normalized spacial score (nSPS) is 12.4. The Morgan fingerprint density at radius 3 is 2.53 bits per heavy atom. The summed E-state index contributed by atoms with van der Waals surface area (Å²) in [7, 11) is 0. The quantitative estimate of drug-likeness (QED) is 0.693. The second-order valence-corrected chi connectivity index (χ2v) is 4.41. The first-order valence-corrected chi connectivity index (χ1v) is 6.07. The minimum Gasteiger partial charge on any atom is -0.206 e. The molecular weight excluding hydrogens is 211 g/mol. The minimum absolute atomic E-state index is 0.159. The summed E-state index contributed by atoms with van der Waals surface area (Å²) in [6.07, 6.45) is 1.10. The van der Waals surface area contributed by atoms with Crippen molar-refractivity contribution in [3.8, 4) is 11.1 Å². The Kier molecular flexibility index (Phi) is 3.58. The molecule has 2 aromatic carbocycles. The number of benzene rings is 2. The summed E-state index contributed by atoms with van der Waals surface area (Å²) >= 11 is 0. The number of hydrogen-bond acceptors (Lipinski definition) is 0. The van der Waals surface area contributed by atoms with Gasteiger partial charge in [0.25, 0.3) is 0 Å². The molecule has 0 aliphatic carbocycles. The van der Waals surface area contributed by atoms with E-state index in [4.69, 9.17) is 0 Å². The molecule has 0 aromatic heterocycles. The molecule has 17 heavy (non-hydrogen) atoms. The van der Waals surface area contributed by atoms with Crippen LogP contribution in [0.1, 0.15) is 31.7 Å². The van der Waals surface area contributed by atoms with E-state index in [1.807, 2.05) is 24.3 Å². The van der Waals surface area contributed by atoms with Crippen LogP contribution in [0.4, 0.5) is 4.39 Å². The van der Waals surface area contributed by atoms with E-state index in [9.17, 15) is 4.39 Å². The van der Waals surface area contributed by atoms with Crippen molar-refractivity contribution in [1.29, 1.82) is 0 Å². The van der Waals surface area contributed by atoms with Crippen LogP contribution in [-0.2, 0) is 0 Å². The summed E-state index contributed by atoms with van der Waals surface area (Å²) in [5.74, 6) is 0.357. The van der Waals surface area contributed by atoms with Crippen LogP contribution in [0.5, 0.6) is 0 Å². The molecule has 2 aromatic rings. The van der Waals surface area contributed by atoms with Crippen molar-refractivity contribution in [2.24, 2.45) is 0 Å². The molecule has 0 nitrogen and oxygen atoms in total. The van der Waals surface area contributed by atoms with Gasteiger partial charge in [-0.05, 0) is 29.5 Å². The van der Waals surface area contributed by atoms with Crippen LogP contribution in [0.2, 0.25) is 0 Å². The highest BCUT2D eigenvalue weighted by atomic mass is 19.1. The minimum atomic E-state index is -0.159. The summed E-state index contributed by atoms with van der Waals surface area (Å²) in [6, 6.07) is 15.1. The summed E-state index contributed by atoms with van der Waals surface area (Å²) in [4.78, 5) is 0. The van der Waals surface area contributed by atoms with Crippen molar-refractivity contribution in [3.63, 3.8) is 0 Å². The fraction of sp³-hybridized carbons (Fsp3) is 0.250. The molecule has 0 bridgehead atoms. The van der Waals surface area contributed by atoms with Crippen molar-refractivity contribution >= 4 is 0 Å². The zero-order valence-corrected chi connectivity index (χ0v) is 10.3. The predicted molar refractivity (Wildman–Crippen MR) is 70.5 cm³/mol. The van der Waals surface area contributed by atoms with E-state index < -0.39 is 0 Å². The van der Waals surface area contributed by atoms with Gasteiger partial charge in [0, 0.05) is 5.56 Å². The van der Waals surface area contributed by atoms with Gasteiger partial charge in [-0.2, -0.15) is 0 Å². The van der Waals surface area contributed by atoms with Crippen LogP contribution in [0.25, 0.3) is 11.1 Å². The van der Waals surface area contributed by atoms with Gasteiger partial charge in [0.2, 0.25) is 0 Å². The van der Waals surface area contributed by atoms with Crippen LogP contribution < -0.4 is 0 Å². The summed E-state index contributed by atoms with van der Waals surface area (Å²) in [5, 5.41) is 0. The molecule has 0 spiro atoms. The third-order valence-corrected chi connectivity index (χ3v) is 3.25. The lowest BCUT2D eigenvalue weighted by molar-refractivity contribution is 0.631. The average molecular weight is 228 g/mol. The van der Waals surface area contributed by atoms with Gasteiger partial charge in [-0.25, -0.2) is 4.39 Å². The highest BCUT2D eigenvalue weighted by Gasteiger charge is 2.07. The molecule has 1 atom stereocenters. The molecule has 0 N–H and O–H groups in total. The van der Waals surface area contributed by atoms with E-state index in [0.717, 1.165) is 12.0 Å². The Morgan fingerprint density at radius 1 is 1.06 bits per heavy atom. The maximum absolute atomic E-state index is 13.7. The Labute approximate surface area is 102 Å². The first-order valence-electron chi connectivity index (χ1n) is 6.07. The summed E-state index contributed by atoms with van der Waals surface area (Å²) < 4.78 is 13.7. The maximum Gasteiger partial charge on any atom is 0.131 e. The Hall–Kier alpha value is -1.63. The van der Waals surface area contributed by atoms with Gasteiger partial charge < -0.3 is 0 Å². The Bertz CT molecular complexity index is 502. The Morgan fingerprint density at radius 2 is 1.82 bits per heavy atom. The highest BCUT2D eigenvalue weighted by molar-refractivity contribution is 5.64. The molecule has 0 amide bonds. The van der Waals surface area contributed by atoms with Gasteiger partial charge in [-0.1, -0.05) is 56.3 Å².